The Balaban J connectivity index is 2.06. The number of nitrogens with zero attached hydrogens (tertiary/aromatic N) is 5. The van der Waals surface area contributed by atoms with Gasteiger partial charge >= 0.3 is 0 Å². The molecular formula is C12H20N6. The van der Waals surface area contributed by atoms with Crippen LogP contribution in [-0.2, 0) is 20.1 Å². The smallest absolute Gasteiger partial charge is 0.152 e. The fraction of sp³-hybridized carbons (Fsp3) is 0.583. The zero-order valence-corrected chi connectivity index (χ0v) is 11.4. The van der Waals surface area contributed by atoms with Crippen LogP contribution in [0.25, 0.3) is 0 Å². The number of aryl methyl sites for hydroxylation is 1. The molecule has 0 saturated carbocycles. The van der Waals surface area contributed by atoms with Gasteiger partial charge in [0.1, 0.15) is 6.33 Å². The predicted octanol–water partition coefficient (Wildman–Crippen LogP) is 0.948. The number of rotatable bonds is 4. The lowest BCUT2D eigenvalue weighted by Gasteiger charge is -2.20. The lowest BCUT2D eigenvalue weighted by Crippen LogP contribution is -2.35. The van der Waals surface area contributed by atoms with Gasteiger partial charge in [0.15, 0.2) is 5.82 Å². The molecule has 0 bridgehead atoms. The summed E-state index contributed by atoms with van der Waals surface area (Å²) >= 11 is 0. The minimum Gasteiger partial charge on any atom is -0.326 e. The molecule has 0 saturated heterocycles. The summed E-state index contributed by atoms with van der Waals surface area (Å²) in [5, 5.41) is 11.4. The standard InChI is InChI=1S/C12H20N6/c1-12(2,3)14-6-10-5-13-8-18(10)7-11-16-15-9-17(11)4/h5,8-9,14H,6-7H2,1-4H3. The van der Waals surface area contributed by atoms with Crippen molar-refractivity contribution < 1.29 is 0 Å². The summed E-state index contributed by atoms with van der Waals surface area (Å²) in [6.45, 7) is 7.93. The topological polar surface area (TPSA) is 60.6 Å². The average Bonchev–Trinajstić information content (AvgIpc) is 2.86. The van der Waals surface area contributed by atoms with Crippen molar-refractivity contribution in [1.82, 2.24) is 29.6 Å². The Labute approximate surface area is 107 Å². The van der Waals surface area contributed by atoms with E-state index >= 15 is 0 Å². The van der Waals surface area contributed by atoms with E-state index in [1.807, 2.05) is 24.1 Å². The SMILES string of the molecule is Cn1cnnc1Cn1cncc1CNC(C)(C)C. The Morgan fingerprint density at radius 1 is 1.28 bits per heavy atom. The van der Waals surface area contributed by atoms with Crippen molar-refractivity contribution in [3.63, 3.8) is 0 Å². The van der Waals surface area contributed by atoms with E-state index in [-0.39, 0.29) is 5.54 Å². The summed E-state index contributed by atoms with van der Waals surface area (Å²) < 4.78 is 4.00. The largest absolute Gasteiger partial charge is 0.326 e. The van der Waals surface area contributed by atoms with Crippen LogP contribution in [0.4, 0.5) is 0 Å². The van der Waals surface area contributed by atoms with Gasteiger partial charge in [0.2, 0.25) is 0 Å². The first-order chi connectivity index (χ1) is 8.46. The molecule has 98 valence electrons. The van der Waals surface area contributed by atoms with Gasteiger partial charge in [-0.25, -0.2) is 4.98 Å². The van der Waals surface area contributed by atoms with Gasteiger partial charge in [-0.3, -0.25) is 0 Å². The van der Waals surface area contributed by atoms with Crippen molar-refractivity contribution in [2.75, 3.05) is 0 Å². The van der Waals surface area contributed by atoms with E-state index in [2.05, 4.69) is 45.8 Å². The highest BCUT2D eigenvalue weighted by atomic mass is 15.3. The van der Waals surface area contributed by atoms with Crippen molar-refractivity contribution >= 4 is 0 Å². The van der Waals surface area contributed by atoms with Crippen LogP contribution in [0.3, 0.4) is 0 Å². The van der Waals surface area contributed by atoms with Gasteiger partial charge in [-0.05, 0) is 20.8 Å². The van der Waals surface area contributed by atoms with Gasteiger partial charge in [-0.15, -0.1) is 10.2 Å². The molecule has 6 heteroatoms. The Kier molecular flexibility index (Phi) is 3.47. The Morgan fingerprint density at radius 3 is 2.67 bits per heavy atom. The molecule has 0 spiro atoms. The fourth-order valence-corrected chi connectivity index (χ4v) is 1.60. The quantitative estimate of drug-likeness (QED) is 0.875. The molecular weight excluding hydrogens is 228 g/mol. The number of hydrogen-bond acceptors (Lipinski definition) is 4. The molecule has 0 atom stereocenters. The van der Waals surface area contributed by atoms with Crippen LogP contribution < -0.4 is 5.32 Å². The highest BCUT2D eigenvalue weighted by molar-refractivity contribution is 5.01. The number of imidazole rings is 1. The zero-order valence-electron chi connectivity index (χ0n) is 11.4. The monoisotopic (exact) mass is 248 g/mol. The van der Waals surface area contributed by atoms with E-state index in [0.29, 0.717) is 6.54 Å². The third-order valence-corrected chi connectivity index (χ3v) is 2.72. The van der Waals surface area contributed by atoms with Crippen LogP contribution in [-0.4, -0.2) is 29.9 Å². The molecule has 0 aliphatic heterocycles. The Hall–Kier alpha value is -1.69. The molecule has 6 nitrogen and oxygen atoms in total. The van der Waals surface area contributed by atoms with Crippen molar-refractivity contribution in [3.05, 3.63) is 30.4 Å². The summed E-state index contributed by atoms with van der Waals surface area (Å²) in [7, 11) is 1.94. The summed E-state index contributed by atoms with van der Waals surface area (Å²) in [5.41, 5.74) is 1.24. The van der Waals surface area contributed by atoms with Gasteiger partial charge in [0.25, 0.3) is 0 Å². The fourth-order valence-electron chi connectivity index (χ4n) is 1.60. The molecule has 0 amide bonds. The third-order valence-electron chi connectivity index (χ3n) is 2.72. The first-order valence-electron chi connectivity index (χ1n) is 6.02. The minimum absolute atomic E-state index is 0.0971. The van der Waals surface area contributed by atoms with Crippen molar-refractivity contribution in [1.29, 1.82) is 0 Å². The molecule has 0 radical (unpaired) electrons. The maximum Gasteiger partial charge on any atom is 0.152 e. The summed E-state index contributed by atoms with van der Waals surface area (Å²) in [6.07, 6.45) is 5.42. The summed E-state index contributed by atoms with van der Waals surface area (Å²) in [6, 6.07) is 0. The van der Waals surface area contributed by atoms with Crippen molar-refractivity contribution in [3.8, 4) is 0 Å². The summed E-state index contributed by atoms with van der Waals surface area (Å²) in [4.78, 5) is 4.20. The van der Waals surface area contributed by atoms with E-state index in [4.69, 9.17) is 0 Å². The summed E-state index contributed by atoms with van der Waals surface area (Å²) in [5.74, 6) is 0.921. The molecule has 1 N–H and O–H groups in total. The first kappa shape index (κ1) is 12.8. The normalized spacial score (nSPS) is 12.0. The lowest BCUT2D eigenvalue weighted by atomic mass is 10.1. The van der Waals surface area contributed by atoms with Crippen LogP contribution in [0, 0.1) is 0 Å². The number of aromatic nitrogens is 5. The van der Waals surface area contributed by atoms with E-state index in [0.717, 1.165) is 18.1 Å². The van der Waals surface area contributed by atoms with Gasteiger partial charge < -0.3 is 14.5 Å². The van der Waals surface area contributed by atoms with Gasteiger partial charge in [0, 0.05) is 25.3 Å². The Morgan fingerprint density at radius 2 is 2.06 bits per heavy atom. The molecule has 2 aromatic rings. The molecule has 0 fully saturated rings. The maximum absolute atomic E-state index is 4.20. The van der Waals surface area contributed by atoms with Crippen LogP contribution >= 0.6 is 0 Å². The van der Waals surface area contributed by atoms with Crippen molar-refractivity contribution in [2.24, 2.45) is 7.05 Å². The third kappa shape index (κ3) is 3.16. The molecule has 0 unspecified atom stereocenters. The number of nitrogens with one attached hydrogen (secondary N) is 1. The highest BCUT2D eigenvalue weighted by Crippen LogP contribution is 2.06. The van der Waals surface area contributed by atoms with E-state index < -0.39 is 0 Å². The van der Waals surface area contributed by atoms with Crippen LogP contribution in [0.15, 0.2) is 18.9 Å². The second kappa shape index (κ2) is 4.89. The van der Waals surface area contributed by atoms with E-state index in [1.165, 1.54) is 0 Å². The Bertz CT molecular complexity index is 505. The van der Waals surface area contributed by atoms with E-state index in [9.17, 15) is 0 Å². The first-order valence-corrected chi connectivity index (χ1v) is 6.02. The molecule has 18 heavy (non-hydrogen) atoms. The molecule has 0 aromatic carbocycles. The van der Waals surface area contributed by atoms with E-state index in [1.54, 1.807) is 6.33 Å². The maximum atomic E-state index is 4.20. The van der Waals surface area contributed by atoms with Crippen LogP contribution in [0.2, 0.25) is 0 Å². The van der Waals surface area contributed by atoms with Crippen LogP contribution in [0.5, 0.6) is 0 Å². The molecule has 0 aliphatic carbocycles. The van der Waals surface area contributed by atoms with Crippen molar-refractivity contribution in [2.45, 2.75) is 39.4 Å². The van der Waals surface area contributed by atoms with Gasteiger partial charge in [-0.1, -0.05) is 0 Å². The molecule has 2 heterocycles. The molecule has 2 rings (SSSR count). The van der Waals surface area contributed by atoms with Gasteiger partial charge in [-0.2, -0.15) is 0 Å². The van der Waals surface area contributed by atoms with Gasteiger partial charge in [0.05, 0.1) is 18.6 Å². The second-order valence-electron chi connectivity index (χ2n) is 5.47. The minimum atomic E-state index is 0.0971. The van der Waals surface area contributed by atoms with Crippen LogP contribution in [0.1, 0.15) is 32.3 Å². The number of hydrogen-bond donors (Lipinski definition) is 1. The highest BCUT2D eigenvalue weighted by Gasteiger charge is 2.11. The predicted molar refractivity (Wildman–Crippen MR) is 68.9 cm³/mol. The molecule has 0 aliphatic rings. The second-order valence-corrected chi connectivity index (χ2v) is 5.47. The zero-order chi connectivity index (χ0) is 13.2. The average molecular weight is 248 g/mol. The molecule has 2 aromatic heterocycles. The lowest BCUT2D eigenvalue weighted by molar-refractivity contribution is 0.416.